The highest BCUT2D eigenvalue weighted by atomic mass is 79.9. The van der Waals surface area contributed by atoms with Crippen molar-refractivity contribution in [2.24, 2.45) is 15.7 Å². The second kappa shape index (κ2) is 5.53. The van der Waals surface area contributed by atoms with Crippen molar-refractivity contribution in [1.29, 1.82) is 0 Å². The Bertz CT molecular complexity index is 869. The van der Waals surface area contributed by atoms with Crippen molar-refractivity contribution in [3.8, 4) is 0 Å². The van der Waals surface area contributed by atoms with Crippen LogP contribution >= 0.6 is 15.9 Å². The van der Waals surface area contributed by atoms with Gasteiger partial charge in [-0.05, 0) is 18.2 Å². The van der Waals surface area contributed by atoms with Crippen molar-refractivity contribution in [1.82, 2.24) is 4.48 Å². The van der Waals surface area contributed by atoms with Crippen LogP contribution in [-0.4, -0.2) is 25.1 Å². The first-order valence-corrected chi connectivity index (χ1v) is 8.32. The summed E-state index contributed by atoms with van der Waals surface area (Å²) in [6.45, 7) is 1.34. The fourth-order valence-corrected chi connectivity index (χ4v) is 3.57. The van der Waals surface area contributed by atoms with Gasteiger partial charge in [0.1, 0.15) is 30.3 Å². The van der Waals surface area contributed by atoms with E-state index in [0.29, 0.717) is 11.0 Å². The summed E-state index contributed by atoms with van der Waals surface area (Å²) in [6, 6.07) is 16.4. The summed E-state index contributed by atoms with van der Waals surface area (Å²) in [4.78, 5) is 9.39. The summed E-state index contributed by atoms with van der Waals surface area (Å²) in [5.41, 5.74) is 10.1. The molecule has 0 saturated carbocycles. The normalized spacial score (nSPS) is 21.5. The molecule has 114 valence electrons. The molecule has 2 heterocycles. The van der Waals surface area contributed by atoms with Gasteiger partial charge in [-0.25, -0.2) is 9.48 Å². The van der Waals surface area contributed by atoms with E-state index in [1.165, 1.54) is 0 Å². The quantitative estimate of drug-likeness (QED) is 0.823. The molecule has 2 aliphatic heterocycles. The minimum Gasteiger partial charge on any atom is -0.326 e. The predicted octanol–water partition coefficient (Wildman–Crippen LogP) is 3.84. The largest absolute Gasteiger partial charge is 0.326 e. The molecular weight excluding hydrogens is 352 g/mol. The molecule has 1 atom stereocenters. The number of nitrogens with two attached hydrogens (primary N) is 1. The van der Waals surface area contributed by atoms with Gasteiger partial charge in [-0.15, -0.1) is 0 Å². The number of rotatable bonds is 3. The van der Waals surface area contributed by atoms with Crippen molar-refractivity contribution in [2.45, 2.75) is 0 Å². The van der Waals surface area contributed by atoms with Crippen molar-refractivity contribution in [3.05, 3.63) is 64.8 Å². The van der Waals surface area contributed by atoms with Gasteiger partial charge in [0, 0.05) is 22.6 Å². The topological polar surface area (TPSA) is 50.7 Å². The van der Waals surface area contributed by atoms with Crippen LogP contribution in [0, 0.1) is 0 Å². The second-order valence-corrected chi connectivity index (χ2v) is 6.54. The third-order valence-electron chi connectivity index (χ3n) is 4.22. The lowest BCUT2D eigenvalue weighted by Crippen LogP contribution is -2.52. The fraction of sp³-hybridized carbons (Fsp3) is 0.111. The molecule has 0 radical (unpaired) electrons. The zero-order valence-corrected chi connectivity index (χ0v) is 14.1. The van der Waals surface area contributed by atoms with Crippen LogP contribution in [0.1, 0.15) is 5.56 Å². The van der Waals surface area contributed by atoms with Gasteiger partial charge in [-0.2, -0.15) is 4.99 Å². The molecule has 2 aromatic carbocycles. The second-order valence-electron chi connectivity index (χ2n) is 5.62. The lowest BCUT2D eigenvalue weighted by atomic mass is 10.1. The number of quaternary nitrogens is 1. The number of fused-ring (bicyclic) bond motifs is 3. The van der Waals surface area contributed by atoms with Gasteiger partial charge < -0.3 is 5.73 Å². The zero-order chi connectivity index (χ0) is 15.9. The van der Waals surface area contributed by atoms with E-state index in [2.05, 4.69) is 45.3 Å². The lowest BCUT2D eigenvalue weighted by Gasteiger charge is -2.32. The highest BCUT2D eigenvalue weighted by molar-refractivity contribution is 9.10. The van der Waals surface area contributed by atoms with E-state index in [9.17, 15) is 0 Å². The molecule has 4 nitrogen and oxygen atoms in total. The lowest BCUT2D eigenvalue weighted by molar-refractivity contribution is 0.560. The minimum absolute atomic E-state index is 0.540. The Morgan fingerprint density at radius 2 is 1.96 bits per heavy atom. The van der Waals surface area contributed by atoms with Crippen LogP contribution < -0.4 is 10.2 Å². The Morgan fingerprint density at radius 1 is 1.09 bits per heavy atom. The smallest absolute Gasteiger partial charge is 0.257 e. The average molecular weight is 368 g/mol. The molecule has 2 N–H and O–H groups in total. The number of para-hydroxylation sites is 2. The van der Waals surface area contributed by atoms with E-state index in [4.69, 9.17) is 10.7 Å². The van der Waals surface area contributed by atoms with Crippen LogP contribution in [0.25, 0.3) is 5.70 Å². The van der Waals surface area contributed by atoms with Crippen molar-refractivity contribution >= 4 is 45.1 Å². The van der Waals surface area contributed by atoms with E-state index in [1.54, 1.807) is 0 Å². The Morgan fingerprint density at radius 3 is 2.78 bits per heavy atom. The van der Waals surface area contributed by atoms with Gasteiger partial charge in [0.15, 0.2) is 5.69 Å². The number of hydrogen-bond donors (Lipinski definition) is 1. The van der Waals surface area contributed by atoms with Crippen molar-refractivity contribution < 1.29 is 0 Å². The standard InChI is InChI=1S/C18H16BrN4/c19-14-5-3-4-13(10-14)16-12-23(9-8-20)17-7-2-1-6-15(17)21-11-18(23)22-16/h1-7,10-12H,8-9,20H2/q+1. The molecule has 0 saturated heterocycles. The van der Waals surface area contributed by atoms with Gasteiger partial charge in [-0.1, -0.05) is 40.2 Å². The average Bonchev–Trinajstić information content (AvgIpc) is 2.95. The molecule has 2 aliphatic rings. The zero-order valence-electron chi connectivity index (χ0n) is 12.5. The maximum atomic E-state index is 5.92. The molecule has 4 rings (SSSR count). The molecule has 1 unspecified atom stereocenters. The van der Waals surface area contributed by atoms with Gasteiger partial charge in [-0.3, -0.25) is 0 Å². The molecule has 0 aromatic heterocycles. The molecule has 0 amide bonds. The van der Waals surface area contributed by atoms with Crippen molar-refractivity contribution in [2.75, 3.05) is 13.1 Å². The van der Waals surface area contributed by atoms with Gasteiger partial charge >= 0.3 is 0 Å². The SMILES string of the molecule is NCC[N+]12C=C(c3cccc(Br)c3)N=C1C=Nc1ccccc12. The number of hydrogen-bond acceptors (Lipinski definition) is 3. The maximum absolute atomic E-state index is 5.92. The van der Waals surface area contributed by atoms with E-state index < -0.39 is 0 Å². The van der Waals surface area contributed by atoms with E-state index in [0.717, 1.165) is 39.5 Å². The summed E-state index contributed by atoms with van der Waals surface area (Å²) < 4.78 is 1.58. The predicted molar refractivity (Wildman–Crippen MR) is 99.9 cm³/mol. The first-order chi connectivity index (χ1) is 11.2. The number of amidine groups is 1. The van der Waals surface area contributed by atoms with E-state index >= 15 is 0 Å². The number of benzene rings is 2. The number of nitrogens with zero attached hydrogens (tertiary/aromatic N) is 3. The highest BCUT2D eigenvalue weighted by Crippen LogP contribution is 2.42. The van der Waals surface area contributed by atoms with Crippen LogP contribution in [0.2, 0.25) is 0 Å². The Labute approximate surface area is 143 Å². The first-order valence-electron chi connectivity index (χ1n) is 7.52. The summed E-state index contributed by atoms with van der Waals surface area (Å²) in [6.07, 6.45) is 4.05. The first kappa shape index (κ1) is 14.5. The van der Waals surface area contributed by atoms with Gasteiger partial charge in [0.05, 0.1) is 0 Å². The highest BCUT2D eigenvalue weighted by Gasteiger charge is 2.43. The molecule has 0 aliphatic carbocycles. The van der Waals surface area contributed by atoms with Crippen LogP contribution in [0.3, 0.4) is 0 Å². The summed E-state index contributed by atoms with van der Waals surface area (Å²) >= 11 is 3.53. The molecule has 5 heteroatoms. The Hall–Kier alpha value is -2.08. The fourth-order valence-electron chi connectivity index (χ4n) is 3.17. The molecule has 2 aromatic rings. The Balaban J connectivity index is 1.91. The molecule has 23 heavy (non-hydrogen) atoms. The summed E-state index contributed by atoms with van der Waals surface area (Å²) in [5.74, 6) is 0.920. The van der Waals surface area contributed by atoms with Crippen LogP contribution in [0.15, 0.2) is 69.2 Å². The Kier molecular flexibility index (Phi) is 3.49. The van der Waals surface area contributed by atoms with E-state index in [1.807, 2.05) is 36.5 Å². The van der Waals surface area contributed by atoms with Crippen LogP contribution in [0.4, 0.5) is 11.4 Å². The maximum Gasteiger partial charge on any atom is 0.257 e. The molecular formula is C18H16BrN4+. The summed E-state index contributed by atoms with van der Waals surface area (Å²) in [5, 5.41) is 0. The summed E-state index contributed by atoms with van der Waals surface area (Å²) in [7, 11) is 0. The van der Waals surface area contributed by atoms with Crippen molar-refractivity contribution in [3.63, 3.8) is 0 Å². The third-order valence-corrected chi connectivity index (χ3v) is 4.71. The van der Waals surface area contributed by atoms with Gasteiger partial charge in [0.25, 0.3) is 5.84 Å². The molecule has 0 spiro atoms. The van der Waals surface area contributed by atoms with Crippen LogP contribution in [0.5, 0.6) is 0 Å². The minimum atomic E-state index is 0.540. The molecule has 0 fully saturated rings. The monoisotopic (exact) mass is 367 g/mol. The van der Waals surface area contributed by atoms with Crippen LogP contribution in [-0.2, 0) is 0 Å². The number of aliphatic imine (C=N–C) groups is 2. The third kappa shape index (κ3) is 2.28. The van der Waals surface area contributed by atoms with Gasteiger partial charge in [0.2, 0.25) is 0 Å². The van der Waals surface area contributed by atoms with E-state index in [-0.39, 0.29) is 0 Å². The molecule has 0 bridgehead atoms. The number of halogens is 1.